The maximum Gasteiger partial charge on any atom is 0.338 e. The molecule has 0 aliphatic carbocycles. The number of halogens is 1. The van der Waals surface area contributed by atoms with E-state index < -0.39 is 12.0 Å². The fraction of sp³-hybridized carbons (Fsp3) is 0.167. The minimum atomic E-state index is -0.760. The van der Waals surface area contributed by atoms with E-state index in [-0.39, 0.29) is 12.2 Å². The van der Waals surface area contributed by atoms with Crippen molar-refractivity contribution in [3.63, 3.8) is 0 Å². The van der Waals surface area contributed by atoms with Gasteiger partial charge >= 0.3 is 5.97 Å². The second-order valence-electron chi connectivity index (χ2n) is 8.60. The molecule has 1 aromatic heterocycles. The number of carbonyl (C=O) groups is 1. The second kappa shape index (κ2) is 11.6. The number of ether oxygens (including phenoxy) is 3. The smallest absolute Gasteiger partial charge is 0.338 e. The summed E-state index contributed by atoms with van der Waals surface area (Å²) < 4.78 is 19.4. The Morgan fingerprint density at radius 1 is 1.05 bits per heavy atom. The number of rotatable bonds is 7. The molecule has 0 fully saturated rings. The van der Waals surface area contributed by atoms with Crippen LogP contribution in [0.2, 0.25) is 0 Å². The molecule has 1 atom stereocenters. The van der Waals surface area contributed by atoms with Crippen molar-refractivity contribution in [3.05, 3.63) is 118 Å². The third-order valence-corrected chi connectivity index (χ3v) is 8.08. The Hall–Kier alpha value is -3.70. The van der Waals surface area contributed by atoms with Gasteiger partial charge in [0.15, 0.2) is 4.80 Å². The van der Waals surface area contributed by atoms with Gasteiger partial charge in [0.25, 0.3) is 5.56 Å². The summed E-state index contributed by atoms with van der Waals surface area (Å²) in [4.78, 5) is 32.9. The Morgan fingerprint density at radius 2 is 1.85 bits per heavy atom. The fourth-order valence-electron chi connectivity index (χ4n) is 4.49. The Morgan fingerprint density at radius 3 is 2.54 bits per heavy atom. The number of hydrogen-bond donors (Lipinski definition) is 0. The molecule has 1 aliphatic rings. The third kappa shape index (κ3) is 5.28. The van der Waals surface area contributed by atoms with E-state index in [4.69, 9.17) is 19.2 Å². The first kappa shape index (κ1) is 26.9. The summed E-state index contributed by atoms with van der Waals surface area (Å²) in [6.45, 7) is 1.95. The number of hydrogen-bond acceptors (Lipinski definition) is 7. The summed E-state index contributed by atoms with van der Waals surface area (Å²) in [6.07, 6.45) is 1.84. The highest BCUT2D eigenvalue weighted by Crippen LogP contribution is 2.36. The molecule has 5 rings (SSSR count). The average molecular weight is 653 g/mol. The van der Waals surface area contributed by atoms with Crippen molar-refractivity contribution >= 4 is 51.7 Å². The number of benzene rings is 3. The van der Waals surface area contributed by atoms with Crippen LogP contribution >= 0.6 is 33.9 Å². The Labute approximate surface area is 242 Å². The van der Waals surface area contributed by atoms with Gasteiger partial charge in [0.05, 0.1) is 46.2 Å². The molecular weight excluding hydrogens is 627 g/mol. The topological polar surface area (TPSA) is 79.1 Å². The van der Waals surface area contributed by atoms with Crippen molar-refractivity contribution in [2.24, 2.45) is 4.99 Å². The monoisotopic (exact) mass is 652 g/mol. The summed E-state index contributed by atoms with van der Waals surface area (Å²) in [5.41, 5.74) is 2.87. The molecule has 39 heavy (non-hydrogen) atoms. The standard InChI is InChI=1S/C30H25IN2O5S/c1-4-38-29(35)25-26(19-9-6-5-7-10-19)32-30-33(27(25)20-11-8-12-21(17-20)36-2)28(34)24(39-30)16-18-13-14-23(37-3)22(31)15-18/h5-17,27H,4H2,1-3H3/b24-16+/t27-/m1/s1. The number of methoxy groups -OCH3 is 2. The van der Waals surface area contributed by atoms with Crippen molar-refractivity contribution < 1.29 is 19.0 Å². The highest BCUT2D eigenvalue weighted by molar-refractivity contribution is 14.1. The molecule has 7 nitrogen and oxygen atoms in total. The van der Waals surface area contributed by atoms with E-state index >= 15 is 0 Å². The van der Waals surface area contributed by atoms with Crippen LogP contribution in [0.5, 0.6) is 11.5 Å². The quantitative estimate of drug-likeness (QED) is 0.216. The summed E-state index contributed by atoms with van der Waals surface area (Å²) in [5.74, 6) is 0.856. The molecule has 0 N–H and O–H groups in total. The van der Waals surface area contributed by atoms with E-state index in [9.17, 15) is 9.59 Å². The van der Waals surface area contributed by atoms with Crippen LogP contribution in [0.3, 0.4) is 0 Å². The Bertz CT molecular complexity index is 1760. The van der Waals surface area contributed by atoms with Gasteiger partial charge in [-0.25, -0.2) is 9.79 Å². The van der Waals surface area contributed by atoms with E-state index in [0.29, 0.717) is 31.9 Å². The molecule has 0 amide bonds. The van der Waals surface area contributed by atoms with Crippen LogP contribution in [0.25, 0.3) is 11.8 Å². The van der Waals surface area contributed by atoms with Crippen molar-refractivity contribution in [3.8, 4) is 11.5 Å². The molecule has 198 valence electrons. The zero-order chi connectivity index (χ0) is 27.5. The Kier molecular flexibility index (Phi) is 7.99. The van der Waals surface area contributed by atoms with Gasteiger partial charge in [-0.05, 0) is 71.0 Å². The number of aromatic nitrogens is 1. The normalized spacial score (nSPS) is 15.0. The summed E-state index contributed by atoms with van der Waals surface area (Å²) in [7, 11) is 3.21. The van der Waals surface area contributed by atoms with Crippen LogP contribution in [-0.4, -0.2) is 31.4 Å². The predicted octanol–water partition coefficient (Wildman–Crippen LogP) is 4.56. The first-order chi connectivity index (χ1) is 18.9. The number of fused-ring (bicyclic) bond motifs is 1. The van der Waals surface area contributed by atoms with Crippen LogP contribution in [0.15, 0.2) is 88.2 Å². The Balaban J connectivity index is 1.81. The van der Waals surface area contributed by atoms with Gasteiger partial charge in [0.2, 0.25) is 0 Å². The lowest BCUT2D eigenvalue weighted by Crippen LogP contribution is -2.40. The molecule has 4 aromatic rings. The molecule has 2 heterocycles. The lowest BCUT2D eigenvalue weighted by Gasteiger charge is -2.26. The molecular formula is C30H25IN2O5S. The SMILES string of the molecule is CCOC(=O)C1=C(c2ccccc2)N=c2s/c(=C/c3ccc(OC)c(I)c3)c(=O)n2[C@@H]1c1cccc(OC)c1. The third-order valence-electron chi connectivity index (χ3n) is 6.26. The second-order valence-corrected chi connectivity index (χ2v) is 10.8. The summed E-state index contributed by atoms with van der Waals surface area (Å²) in [5, 5.41) is 0. The predicted molar refractivity (Wildman–Crippen MR) is 160 cm³/mol. The van der Waals surface area contributed by atoms with E-state index in [1.54, 1.807) is 25.7 Å². The van der Waals surface area contributed by atoms with E-state index in [1.165, 1.54) is 11.3 Å². The van der Waals surface area contributed by atoms with Crippen molar-refractivity contribution in [2.45, 2.75) is 13.0 Å². The minimum absolute atomic E-state index is 0.190. The highest BCUT2D eigenvalue weighted by Gasteiger charge is 2.35. The lowest BCUT2D eigenvalue weighted by atomic mass is 9.93. The van der Waals surface area contributed by atoms with Gasteiger partial charge in [-0.2, -0.15) is 0 Å². The molecule has 0 bridgehead atoms. The molecule has 0 unspecified atom stereocenters. The number of carbonyl (C=O) groups excluding carboxylic acids is 1. The molecule has 0 saturated heterocycles. The molecule has 3 aromatic carbocycles. The molecule has 0 spiro atoms. The summed E-state index contributed by atoms with van der Waals surface area (Å²) in [6, 6.07) is 21.8. The molecule has 0 saturated carbocycles. The van der Waals surface area contributed by atoms with Crippen LogP contribution in [0, 0.1) is 3.57 Å². The zero-order valence-corrected chi connectivity index (χ0v) is 24.5. The minimum Gasteiger partial charge on any atom is -0.497 e. The van der Waals surface area contributed by atoms with Crippen LogP contribution in [0.4, 0.5) is 0 Å². The maximum atomic E-state index is 14.0. The van der Waals surface area contributed by atoms with Crippen molar-refractivity contribution in [1.82, 2.24) is 4.57 Å². The van der Waals surface area contributed by atoms with Gasteiger partial charge in [-0.15, -0.1) is 0 Å². The van der Waals surface area contributed by atoms with Gasteiger partial charge in [0.1, 0.15) is 11.5 Å². The van der Waals surface area contributed by atoms with Crippen molar-refractivity contribution in [1.29, 1.82) is 0 Å². The first-order valence-electron chi connectivity index (χ1n) is 12.2. The average Bonchev–Trinajstić information content (AvgIpc) is 3.27. The van der Waals surface area contributed by atoms with Crippen LogP contribution in [0.1, 0.15) is 29.7 Å². The zero-order valence-electron chi connectivity index (χ0n) is 21.5. The largest absolute Gasteiger partial charge is 0.497 e. The summed E-state index contributed by atoms with van der Waals surface area (Å²) >= 11 is 3.49. The van der Waals surface area contributed by atoms with Gasteiger partial charge < -0.3 is 14.2 Å². The molecule has 1 aliphatic heterocycles. The lowest BCUT2D eigenvalue weighted by molar-refractivity contribution is -0.138. The van der Waals surface area contributed by atoms with Gasteiger partial charge in [0, 0.05) is 5.56 Å². The first-order valence-corrected chi connectivity index (χ1v) is 14.1. The van der Waals surface area contributed by atoms with E-state index in [1.807, 2.05) is 78.9 Å². The van der Waals surface area contributed by atoms with Crippen LogP contribution < -0.4 is 24.4 Å². The fourth-order valence-corrected chi connectivity index (χ4v) is 6.25. The maximum absolute atomic E-state index is 14.0. The van der Waals surface area contributed by atoms with Gasteiger partial charge in [-0.1, -0.05) is 59.9 Å². The van der Waals surface area contributed by atoms with Gasteiger partial charge in [-0.3, -0.25) is 9.36 Å². The van der Waals surface area contributed by atoms with E-state index in [0.717, 1.165) is 20.4 Å². The van der Waals surface area contributed by atoms with Crippen molar-refractivity contribution in [2.75, 3.05) is 20.8 Å². The number of thiazole rings is 1. The number of esters is 1. The molecule has 0 radical (unpaired) electrons. The number of nitrogens with zero attached hydrogens (tertiary/aromatic N) is 2. The van der Waals surface area contributed by atoms with Crippen LogP contribution in [-0.2, 0) is 9.53 Å². The molecule has 9 heteroatoms. The highest BCUT2D eigenvalue weighted by atomic mass is 127. The van der Waals surface area contributed by atoms with E-state index in [2.05, 4.69) is 22.6 Å².